The number of piperidine rings is 1. The standard InChI is InChI=1S/C18H29N3O3/c1-14-9-10-19-16(20-14)23-12-6-8-15-7-5-11-21(13-15)17(22)24-18(2,3)4/h9-10,15H,5-8,11-13H2,1-4H3. The minimum Gasteiger partial charge on any atom is -0.463 e. The normalized spacial score (nSPS) is 18.3. The van der Waals surface area contributed by atoms with Crippen LogP contribution >= 0.6 is 0 Å². The molecule has 1 fully saturated rings. The van der Waals surface area contributed by atoms with E-state index in [1.54, 1.807) is 6.20 Å². The zero-order chi connectivity index (χ0) is 17.6. The molecule has 1 aromatic heterocycles. The topological polar surface area (TPSA) is 64.5 Å². The molecule has 6 nitrogen and oxygen atoms in total. The van der Waals surface area contributed by atoms with Crippen molar-refractivity contribution in [1.29, 1.82) is 0 Å². The van der Waals surface area contributed by atoms with Crippen molar-refractivity contribution in [2.45, 2.75) is 59.0 Å². The summed E-state index contributed by atoms with van der Waals surface area (Å²) in [6.45, 7) is 9.79. The molecule has 1 saturated heterocycles. The van der Waals surface area contributed by atoms with Gasteiger partial charge in [0.2, 0.25) is 0 Å². The number of aromatic nitrogens is 2. The van der Waals surface area contributed by atoms with Gasteiger partial charge in [-0.2, -0.15) is 0 Å². The van der Waals surface area contributed by atoms with Gasteiger partial charge in [0.15, 0.2) is 0 Å². The number of nitrogens with zero attached hydrogens (tertiary/aromatic N) is 3. The molecule has 2 rings (SSSR count). The van der Waals surface area contributed by atoms with Crippen molar-refractivity contribution in [2.24, 2.45) is 5.92 Å². The van der Waals surface area contributed by atoms with E-state index in [1.165, 1.54) is 0 Å². The highest BCUT2D eigenvalue weighted by Crippen LogP contribution is 2.22. The SMILES string of the molecule is Cc1ccnc(OCCCC2CCCN(C(=O)OC(C)(C)C)C2)n1. The smallest absolute Gasteiger partial charge is 0.410 e. The van der Waals surface area contributed by atoms with Gasteiger partial charge in [-0.15, -0.1) is 0 Å². The minimum absolute atomic E-state index is 0.198. The van der Waals surface area contributed by atoms with Crippen LogP contribution in [0, 0.1) is 12.8 Å². The molecule has 1 aliphatic rings. The first kappa shape index (κ1) is 18.5. The maximum atomic E-state index is 12.2. The van der Waals surface area contributed by atoms with E-state index in [0.717, 1.165) is 44.5 Å². The molecule has 1 atom stereocenters. The van der Waals surface area contributed by atoms with E-state index in [4.69, 9.17) is 9.47 Å². The van der Waals surface area contributed by atoms with Crippen LogP contribution < -0.4 is 4.74 Å². The molecule has 0 spiro atoms. The van der Waals surface area contributed by atoms with Crippen molar-refractivity contribution in [1.82, 2.24) is 14.9 Å². The van der Waals surface area contributed by atoms with Gasteiger partial charge >= 0.3 is 12.1 Å². The molecule has 0 aromatic carbocycles. The van der Waals surface area contributed by atoms with Crippen LogP contribution in [0.15, 0.2) is 12.3 Å². The molecule has 1 unspecified atom stereocenters. The summed E-state index contributed by atoms with van der Waals surface area (Å²) in [6, 6.07) is 2.29. The van der Waals surface area contributed by atoms with Crippen molar-refractivity contribution in [3.8, 4) is 6.01 Å². The summed E-state index contributed by atoms with van der Waals surface area (Å²) < 4.78 is 11.1. The lowest BCUT2D eigenvalue weighted by Gasteiger charge is -2.34. The number of likely N-dealkylation sites (tertiary alicyclic amines) is 1. The van der Waals surface area contributed by atoms with E-state index in [-0.39, 0.29) is 6.09 Å². The quantitative estimate of drug-likeness (QED) is 0.769. The molecular weight excluding hydrogens is 306 g/mol. The van der Waals surface area contributed by atoms with Crippen LogP contribution in [-0.4, -0.2) is 46.3 Å². The van der Waals surface area contributed by atoms with Gasteiger partial charge in [-0.25, -0.2) is 14.8 Å². The molecule has 24 heavy (non-hydrogen) atoms. The van der Waals surface area contributed by atoms with Gasteiger partial charge in [0, 0.05) is 25.0 Å². The zero-order valence-corrected chi connectivity index (χ0v) is 15.2. The first-order chi connectivity index (χ1) is 11.3. The number of hydrogen-bond donors (Lipinski definition) is 0. The molecule has 134 valence electrons. The zero-order valence-electron chi connectivity index (χ0n) is 15.2. The number of aryl methyl sites for hydroxylation is 1. The number of ether oxygens (including phenoxy) is 2. The fraction of sp³-hybridized carbons (Fsp3) is 0.722. The van der Waals surface area contributed by atoms with Gasteiger partial charge < -0.3 is 14.4 Å². The Balaban J connectivity index is 1.70. The van der Waals surface area contributed by atoms with Gasteiger partial charge in [0.25, 0.3) is 0 Å². The third-order valence-corrected chi connectivity index (χ3v) is 3.93. The highest BCUT2D eigenvalue weighted by molar-refractivity contribution is 5.68. The molecule has 2 heterocycles. The van der Waals surface area contributed by atoms with E-state index in [9.17, 15) is 4.79 Å². The van der Waals surface area contributed by atoms with Crippen LogP contribution in [0.3, 0.4) is 0 Å². The van der Waals surface area contributed by atoms with Crippen LogP contribution in [0.4, 0.5) is 4.79 Å². The second kappa shape index (κ2) is 8.31. The van der Waals surface area contributed by atoms with E-state index in [0.29, 0.717) is 18.5 Å². The Bertz CT molecular complexity index is 543. The Kier molecular flexibility index (Phi) is 6.40. The summed E-state index contributed by atoms with van der Waals surface area (Å²) in [5, 5.41) is 0. The highest BCUT2D eigenvalue weighted by Gasteiger charge is 2.27. The molecule has 1 amide bonds. The summed E-state index contributed by atoms with van der Waals surface area (Å²) in [4.78, 5) is 22.3. The average Bonchev–Trinajstić information content (AvgIpc) is 2.50. The predicted octanol–water partition coefficient (Wildman–Crippen LogP) is 3.59. The largest absolute Gasteiger partial charge is 0.463 e. The van der Waals surface area contributed by atoms with Gasteiger partial charge in [-0.3, -0.25) is 0 Å². The lowest BCUT2D eigenvalue weighted by molar-refractivity contribution is 0.0159. The molecule has 0 aliphatic carbocycles. The Hall–Kier alpha value is -1.85. The van der Waals surface area contributed by atoms with Gasteiger partial charge in [0.05, 0.1) is 6.61 Å². The average molecular weight is 335 g/mol. The maximum Gasteiger partial charge on any atom is 0.410 e. The van der Waals surface area contributed by atoms with E-state index < -0.39 is 5.60 Å². The van der Waals surface area contributed by atoms with Crippen molar-refractivity contribution in [3.63, 3.8) is 0 Å². The van der Waals surface area contributed by atoms with Gasteiger partial charge in [-0.1, -0.05) is 0 Å². The third-order valence-electron chi connectivity index (χ3n) is 3.93. The summed E-state index contributed by atoms with van der Waals surface area (Å²) in [7, 11) is 0. The first-order valence-corrected chi connectivity index (χ1v) is 8.74. The van der Waals surface area contributed by atoms with Gasteiger partial charge in [0.1, 0.15) is 5.60 Å². The lowest BCUT2D eigenvalue weighted by Crippen LogP contribution is -2.42. The number of hydrogen-bond acceptors (Lipinski definition) is 5. The molecule has 1 aliphatic heterocycles. The van der Waals surface area contributed by atoms with Crippen molar-refractivity contribution < 1.29 is 14.3 Å². The monoisotopic (exact) mass is 335 g/mol. The Morgan fingerprint density at radius 1 is 1.42 bits per heavy atom. The van der Waals surface area contributed by atoms with E-state index in [1.807, 2.05) is 38.7 Å². The number of carbonyl (C=O) groups excluding carboxylic acids is 1. The predicted molar refractivity (Wildman–Crippen MR) is 92.0 cm³/mol. The number of rotatable bonds is 5. The molecule has 0 saturated carbocycles. The van der Waals surface area contributed by atoms with Crippen molar-refractivity contribution in [3.05, 3.63) is 18.0 Å². The van der Waals surface area contributed by atoms with E-state index in [2.05, 4.69) is 9.97 Å². The summed E-state index contributed by atoms with van der Waals surface area (Å²) in [6.07, 6.45) is 5.66. The van der Waals surface area contributed by atoms with Crippen LogP contribution in [0.5, 0.6) is 6.01 Å². The first-order valence-electron chi connectivity index (χ1n) is 8.74. The number of carbonyl (C=O) groups is 1. The van der Waals surface area contributed by atoms with Crippen LogP contribution in [0.2, 0.25) is 0 Å². The Morgan fingerprint density at radius 3 is 2.92 bits per heavy atom. The lowest BCUT2D eigenvalue weighted by atomic mass is 9.94. The fourth-order valence-electron chi connectivity index (χ4n) is 2.82. The maximum absolute atomic E-state index is 12.2. The minimum atomic E-state index is -0.439. The van der Waals surface area contributed by atoms with Crippen LogP contribution in [0.1, 0.15) is 52.1 Å². The Labute approximate surface area is 144 Å². The Morgan fingerprint density at radius 2 is 2.21 bits per heavy atom. The fourth-order valence-corrected chi connectivity index (χ4v) is 2.82. The van der Waals surface area contributed by atoms with Gasteiger partial charge in [-0.05, 0) is 65.4 Å². The molecule has 0 radical (unpaired) electrons. The second-order valence-corrected chi connectivity index (χ2v) is 7.41. The molecule has 1 aromatic rings. The molecule has 6 heteroatoms. The third kappa shape index (κ3) is 6.34. The second-order valence-electron chi connectivity index (χ2n) is 7.41. The van der Waals surface area contributed by atoms with Crippen molar-refractivity contribution in [2.75, 3.05) is 19.7 Å². The summed E-state index contributed by atoms with van der Waals surface area (Å²) >= 11 is 0. The van der Waals surface area contributed by atoms with Crippen LogP contribution in [0.25, 0.3) is 0 Å². The summed E-state index contributed by atoms with van der Waals surface area (Å²) in [5.74, 6) is 0.508. The van der Waals surface area contributed by atoms with Crippen LogP contribution in [-0.2, 0) is 4.74 Å². The molecular formula is C18H29N3O3. The molecule has 0 N–H and O–H groups in total. The summed E-state index contributed by atoms with van der Waals surface area (Å²) in [5.41, 5.74) is 0.464. The highest BCUT2D eigenvalue weighted by atomic mass is 16.6. The number of amides is 1. The molecule has 0 bridgehead atoms. The van der Waals surface area contributed by atoms with Crippen molar-refractivity contribution >= 4 is 6.09 Å². The van der Waals surface area contributed by atoms with E-state index >= 15 is 0 Å².